The number of hydrogen-bond donors (Lipinski definition) is 0. The van der Waals surface area contributed by atoms with Crippen LogP contribution in [-0.2, 0) is 9.53 Å². The van der Waals surface area contributed by atoms with Gasteiger partial charge in [0.15, 0.2) is 0 Å². The zero-order chi connectivity index (χ0) is 14.7. The van der Waals surface area contributed by atoms with Crippen molar-refractivity contribution >= 4 is 11.5 Å². The highest BCUT2D eigenvalue weighted by Crippen LogP contribution is 2.24. The van der Waals surface area contributed by atoms with Gasteiger partial charge in [-0.05, 0) is 42.0 Å². The average Bonchev–Trinajstić information content (AvgIpc) is 3.01. The Morgan fingerprint density at radius 1 is 1.33 bits per heavy atom. The largest absolute Gasteiger partial charge is 0.381 e. The van der Waals surface area contributed by atoms with E-state index in [9.17, 15) is 9.18 Å². The zero-order valence-corrected chi connectivity index (χ0v) is 12.1. The summed E-state index contributed by atoms with van der Waals surface area (Å²) in [4.78, 5) is 14.1. The Hall–Kier alpha value is -1.68. The second-order valence-corrected chi connectivity index (χ2v) is 5.76. The predicted octanol–water partition coefficient (Wildman–Crippen LogP) is 2.87. The molecular weight excluding hydrogens is 269 g/mol. The Balaban J connectivity index is 1.58. The number of hydrogen-bond acceptors (Lipinski definition) is 2. The van der Waals surface area contributed by atoms with Crippen molar-refractivity contribution in [2.45, 2.75) is 19.3 Å². The van der Waals surface area contributed by atoms with Crippen LogP contribution in [0.1, 0.15) is 24.8 Å². The van der Waals surface area contributed by atoms with E-state index in [2.05, 4.69) is 6.08 Å². The van der Waals surface area contributed by atoms with Gasteiger partial charge in [-0.25, -0.2) is 4.39 Å². The van der Waals surface area contributed by atoms with Crippen LogP contribution >= 0.6 is 0 Å². The maximum atomic E-state index is 12.9. The number of ether oxygens (including phenoxy) is 1. The van der Waals surface area contributed by atoms with Gasteiger partial charge in [0.05, 0.1) is 0 Å². The molecule has 0 saturated carbocycles. The van der Waals surface area contributed by atoms with Crippen LogP contribution in [0.4, 0.5) is 4.39 Å². The molecule has 1 fully saturated rings. The Morgan fingerprint density at radius 3 is 2.76 bits per heavy atom. The van der Waals surface area contributed by atoms with E-state index in [1.165, 1.54) is 17.7 Å². The van der Waals surface area contributed by atoms with Gasteiger partial charge in [-0.2, -0.15) is 0 Å². The molecule has 112 valence electrons. The van der Waals surface area contributed by atoms with E-state index in [1.54, 1.807) is 12.1 Å². The summed E-state index contributed by atoms with van der Waals surface area (Å²) in [6.07, 6.45) is 4.51. The number of halogens is 1. The minimum Gasteiger partial charge on any atom is -0.381 e. The molecule has 3 rings (SSSR count). The lowest BCUT2D eigenvalue weighted by Crippen LogP contribution is -2.35. The van der Waals surface area contributed by atoms with Gasteiger partial charge in [-0.15, -0.1) is 0 Å². The molecule has 2 aliphatic rings. The molecule has 3 nitrogen and oxygen atoms in total. The molecule has 1 saturated heterocycles. The molecule has 0 radical (unpaired) electrons. The minimum absolute atomic E-state index is 0.217. The standard InChI is InChI=1S/C17H20FNO2/c18-16-3-1-14(2-4-16)15-5-8-19(9-6-15)17(20)11-13-7-10-21-12-13/h1-5,13H,6-12H2. The molecule has 0 aliphatic carbocycles. The summed E-state index contributed by atoms with van der Waals surface area (Å²) in [5.74, 6) is 0.394. The molecule has 2 aliphatic heterocycles. The molecule has 4 heteroatoms. The van der Waals surface area contributed by atoms with Gasteiger partial charge < -0.3 is 9.64 Å². The third-order valence-corrected chi connectivity index (χ3v) is 4.26. The summed E-state index contributed by atoms with van der Waals surface area (Å²) >= 11 is 0. The molecular formula is C17H20FNO2. The minimum atomic E-state index is -0.217. The van der Waals surface area contributed by atoms with Crippen LogP contribution in [0.15, 0.2) is 30.3 Å². The highest BCUT2D eigenvalue weighted by molar-refractivity contribution is 5.78. The third-order valence-electron chi connectivity index (χ3n) is 4.26. The first-order chi connectivity index (χ1) is 10.2. The van der Waals surface area contributed by atoms with E-state index in [4.69, 9.17) is 4.74 Å². The molecule has 1 aromatic carbocycles. The molecule has 1 unspecified atom stereocenters. The SMILES string of the molecule is O=C(CC1CCOC1)N1CC=C(c2ccc(F)cc2)CC1. The molecule has 1 atom stereocenters. The molecule has 1 amide bonds. The summed E-state index contributed by atoms with van der Waals surface area (Å²) in [5, 5.41) is 0. The van der Waals surface area contributed by atoms with Gasteiger partial charge in [-0.3, -0.25) is 4.79 Å². The van der Waals surface area contributed by atoms with Gasteiger partial charge in [0, 0.05) is 32.7 Å². The fraction of sp³-hybridized carbons (Fsp3) is 0.471. The fourth-order valence-electron chi connectivity index (χ4n) is 2.94. The lowest BCUT2D eigenvalue weighted by Gasteiger charge is -2.27. The summed E-state index contributed by atoms with van der Waals surface area (Å²) in [6.45, 7) is 2.90. The van der Waals surface area contributed by atoms with Crippen molar-refractivity contribution in [1.82, 2.24) is 4.90 Å². The van der Waals surface area contributed by atoms with Crippen LogP contribution in [0.3, 0.4) is 0 Å². The number of nitrogens with zero attached hydrogens (tertiary/aromatic N) is 1. The van der Waals surface area contributed by atoms with Crippen LogP contribution in [0.2, 0.25) is 0 Å². The molecule has 21 heavy (non-hydrogen) atoms. The van der Waals surface area contributed by atoms with Crippen molar-refractivity contribution in [2.75, 3.05) is 26.3 Å². The Labute approximate surface area is 124 Å². The highest BCUT2D eigenvalue weighted by Gasteiger charge is 2.23. The smallest absolute Gasteiger partial charge is 0.223 e. The topological polar surface area (TPSA) is 29.5 Å². The number of amides is 1. The van der Waals surface area contributed by atoms with Crippen LogP contribution in [-0.4, -0.2) is 37.1 Å². The number of benzene rings is 1. The molecule has 0 bridgehead atoms. The van der Waals surface area contributed by atoms with Gasteiger partial charge >= 0.3 is 0 Å². The van der Waals surface area contributed by atoms with Crippen molar-refractivity contribution < 1.29 is 13.9 Å². The Kier molecular flexibility index (Phi) is 4.34. The zero-order valence-electron chi connectivity index (χ0n) is 12.1. The third kappa shape index (κ3) is 3.50. The molecule has 1 aromatic rings. The summed E-state index contributed by atoms with van der Waals surface area (Å²) in [6, 6.07) is 6.56. The highest BCUT2D eigenvalue weighted by atomic mass is 19.1. The fourth-order valence-corrected chi connectivity index (χ4v) is 2.94. The van der Waals surface area contributed by atoms with Crippen LogP contribution in [0.25, 0.3) is 5.57 Å². The first-order valence-electron chi connectivity index (χ1n) is 7.53. The number of carbonyl (C=O) groups is 1. The number of rotatable bonds is 3. The summed E-state index contributed by atoms with van der Waals surface area (Å²) in [7, 11) is 0. The van der Waals surface area contributed by atoms with E-state index >= 15 is 0 Å². The van der Waals surface area contributed by atoms with Crippen molar-refractivity contribution in [3.05, 3.63) is 41.7 Å². The first kappa shape index (κ1) is 14.3. The van der Waals surface area contributed by atoms with Gasteiger partial charge in [-0.1, -0.05) is 18.2 Å². The molecule has 0 aromatic heterocycles. The van der Waals surface area contributed by atoms with Crippen molar-refractivity contribution in [3.63, 3.8) is 0 Å². The second kappa shape index (κ2) is 6.39. The van der Waals surface area contributed by atoms with E-state index < -0.39 is 0 Å². The summed E-state index contributed by atoms with van der Waals surface area (Å²) < 4.78 is 18.2. The predicted molar refractivity (Wildman–Crippen MR) is 79.1 cm³/mol. The van der Waals surface area contributed by atoms with Crippen molar-refractivity contribution in [2.24, 2.45) is 5.92 Å². The van der Waals surface area contributed by atoms with E-state index in [1.807, 2.05) is 4.90 Å². The van der Waals surface area contributed by atoms with Gasteiger partial charge in [0.1, 0.15) is 5.82 Å². The van der Waals surface area contributed by atoms with Gasteiger partial charge in [0.2, 0.25) is 5.91 Å². The van der Waals surface area contributed by atoms with Crippen LogP contribution in [0.5, 0.6) is 0 Å². The molecule has 2 heterocycles. The van der Waals surface area contributed by atoms with Crippen molar-refractivity contribution in [3.8, 4) is 0 Å². The van der Waals surface area contributed by atoms with Gasteiger partial charge in [0.25, 0.3) is 0 Å². The molecule has 0 N–H and O–H groups in total. The maximum absolute atomic E-state index is 12.9. The van der Waals surface area contributed by atoms with Crippen LogP contribution < -0.4 is 0 Å². The number of carbonyl (C=O) groups excluding carboxylic acids is 1. The maximum Gasteiger partial charge on any atom is 0.223 e. The second-order valence-electron chi connectivity index (χ2n) is 5.76. The van der Waals surface area contributed by atoms with Crippen molar-refractivity contribution in [1.29, 1.82) is 0 Å². The van der Waals surface area contributed by atoms with E-state index in [0.29, 0.717) is 18.9 Å². The Morgan fingerprint density at radius 2 is 2.14 bits per heavy atom. The lowest BCUT2D eigenvalue weighted by molar-refractivity contribution is -0.131. The quantitative estimate of drug-likeness (QED) is 0.856. The normalized spacial score (nSPS) is 22.2. The Bertz CT molecular complexity index is 532. The van der Waals surface area contributed by atoms with E-state index in [-0.39, 0.29) is 11.7 Å². The van der Waals surface area contributed by atoms with Crippen LogP contribution in [0, 0.1) is 11.7 Å². The lowest BCUT2D eigenvalue weighted by atomic mass is 9.98. The first-order valence-corrected chi connectivity index (χ1v) is 7.53. The average molecular weight is 289 g/mol. The monoisotopic (exact) mass is 289 g/mol. The van der Waals surface area contributed by atoms with E-state index in [0.717, 1.165) is 38.2 Å². The summed E-state index contributed by atoms with van der Waals surface area (Å²) in [5.41, 5.74) is 2.25. The molecule has 0 spiro atoms.